The summed E-state index contributed by atoms with van der Waals surface area (Å²) in [7, 11) is 0. The molecule has 1 fully saturated rings. The summed E-state index contributed by atoms with van der Waals surface area (Å²) in [6.07, 6.45) is 3.98. The predicted octanol–water partition coefficient (Wildman–Crippen LogP) is 2.99. The molecular weight excluding hydrogens is 278 g/mol. The second-order valence-electron chi connectivity index (χ2n) is 5.28. The molecule has 4 nitrogen and oxygen atoms in total. The number of alkyl halides is 2. The van der Waals surface area contributed by atoms with E-state index in [1.807, 2.05) is 0 Å². The predicted molar refractivity (Wildman–Crippen MR) is 76.2 cm³/mol. The number of anilines is 1. The molecule has 0 saturated heterocycles. The Bertz CT molecular complexity index is 465. The van der Waals surface area contributed by atoms with Gasteiger partial charge >= 0.3 is 6.61 Å². The Labute approximate surface area is 122 Å². The van der Waals surface area contributed by atoms with Crippen LogP contribution in [0, 0.1) is 11.8 Å². The molecule has 1 saturated carbocycles. The zero-order valence-corrected chi connectivity index (χ0v) is 11.7. The van der Waals surface area contributed by atoms with Crippen LogP contribution in [0.1, 0.15) is 25.7 Å². The van der Waals surface area contributed by atoms with Gasteiger partial charge in [-0.1, -0.05) is 12.8 Å². The maximum Gasteiger partial charge on any atom is 0.387 e. The molecule has 1 aromatic rings. The zero-order chi connectivity index (χ0) is 15.2. The number of nitrogens with two attached hydrogens (primary N) is 1. The topological polar surface area (TPSA) is 64.4 Å². The number of benzene rings is 1. The van der Waals surface area contributed by atoms with Crippen LogP contribution >= 0.6 is 0 Å². The SMILES string of the molecule is NCC1CCCCC1C(=O)Nc1ccc(OC(F)F)cc1. The van der Waals surface area contributed by atoms with E-state index >= 15 is 0 Å². The average Bonchev–Trinajstić information content (AvgIpc) is 2.48. The number of ether oxygens (including phenoxy) is 1. The first-order valence-corrected chi connectivity index (χ1v) is 7.16. The van der Waals surface area contributed by atoms with Gasteiger partial charge < -0.3 is 15.8 Å². The van der Waals surface area contributed by atoms with E-state index in [0.717, 1.165) is 25.7 Å². The molecule has 6 heteroatoms. The van der Waals surface area contributed by atoms with Crippen LogP contribution in [0.4, 0.5) is 14.5 Å². The Morgan fingerprint density at radius 2 is 1.95 bits per heavy atom. The van der Waals surface area contributed by atoms with Crippen LogP contribution in [0.3, 0.4) is 0 Å². The summed E-state index contributed by atoms with van der Waals surface area (Å²) in [6.45, 7) is -2.34. The number of amides is 1. The fraction of sp³-hybridized carbons (Fsp3) is 0.533. The highest BCUT2D eigenvalue weighted by atomic mass is 19.3. The van der Waals surface area contributed by atoms with Gasteiger partial charge in [0.15, 0.2) is 0 Å². The molecule has 1 aromatic carbocycles. The summed E-state index contributed by atoms with van der Waals surface area (Å²) in [5.74, 6) is 0.175. The third kappa shape index (κ3) is 4.39. The molecule has 0 spiro atoms. The molecule has 1 amide bonds. The van der Waals surface area contributed by atoms with Gasteiger partial charge in [0.25, 0.3) is 0 Å². The van der Waals surface area contributed by atoms with Gasteiger partial charge in [0, 0.05) is 11.6 Å². The van der Waals surface area contributed by atoms with Crippen molar-refractivity contribution >= 4 is 11.6 Å². The second-order valence-corrected chi connectivity index (χ2v) is 5.28. The minimum atomic E-state index is -2.85. The van der Waals surface area contributed by atoms with Crippen molar-refractivity contribution in [3.63, 3.8) is 0 Å². The van der Waals surface area contributed by atoms with Crippen LogP contribution in [0.25, 0.3) is 0 Å². The van der Waals surface area contributed by atoms with Gasteiger partial charge in [0.1, 0.15) is 5.75 Å². The molecule has 116 valence electrons. The number of hydrogen-bond acceptors (Lipinski definition) is 3. The lowest BCUT2D eigenvalue weighted by Gasteiger charge is -2.29. The Balaban J connectivity index is 1.95. The summed E-state index contributed by atoms with van der Waals surface area (Å²) in [6, 6.07) is 5.91. The number of hydrogen-bond donors (Lipinski definition) is 2. The molecule has 2 rings (SSSR count). The molecular formula is C15H20F2N2O2. The van der Waals surface area contributed by atoms with E-state index in [2.05, 4.69) is 10.1 Å². The number of carbonyl (C=O) groups is 1. The van der Waals surface area contributed by atoms with Crippen LogP contribution in [0.15, 0.2) is 24.3 Å². The van der Waals surface area contributed by atoms with Crippen molar-refractivity contribution in [2.75, 3.05) is 11.9 Å². The van der Waals surface area contributed by atoms with E-state index in [9.17, 15) is 13.6 Å². The van der Waals surface area contributed by atoms with Gasteiger partial charge in [-0.3, -0.25) is 4.79 Å². The van der Waals surface area contributed by atoms with E-state index < -0.39 is 6.61 Å². The fourth-order valence-corrected chi connectivity index (χ4v) is 2.79. The zero-order valence-electron chi connectivity index (χ0n) is 11.7. The van der Waals surface area contributed by atoms with Crippen molar-refractivity contribution < 1.29 is 18.3 Å². The van der Waals surface area contributed by atoms with Gasteiger partial charge in [-0.05, 0) is 49.6 Å². The van der Waals surface area contributed by atoms with Gasteiger partial charge in [0.2, 0.25) is 5.91 Å². The van der Waals surface area contributed by atoms with Gasteiger partial charge in [0.05, 0.1) is 0 Å². The molecule has 2 atom stereocenters. The smallest absolute Gasteiger partial charge is 0.387 e. The largest absolute Gasteiger partial charge is 0.435 e. The first kappa shape index (κ1) is 15.7. The molecule has 0 aromatic heterocycles. The van der Waals surface area contributed by atoms with E-state index in [1.54, 1.807) is 12.1 Å². The Morgan fingerprint density at radius 1 is 1.29 bits per heavy atom. The molecule has 0 heterocycles. The van der Waals surface area contributed by atoms with Crippen molar-refractivity contribution in [1.82, 2.24) is 0 Å². The van der Waals surface area contributed by atoms with E-state index in [4.69, 9.17) is 5.73 Å². The molecule has 0 bridgehead atoms. The highest BCUT2D eigenvalue weighted by Crippen LogP contribution is 2.30. The number of nitrogens with one attached hydrogen (secondary N) is 1. The lowest BCUT2D eigenvalue weighted by atomic mass is 9.78. The van der Waals surface area contributed by atoms with Crippen LogP contribution < -0.4 is 15.8 Å². The normalized spacial score (nSPS) is 22.1. The molecule has 0 aliphatic heterocycles. The maximum absolute atomic E-state index is 12.3. The summed E-state index contributed by atoms with van der Waals surface area (Å²) < 4.78 is 28.4. The number of rotatable bonds is 5. The van der Waals surface area contributed by atoms with Crippen molar-refractivity contribution in [2.45, 2.75) is 32.3 Å². The minimum Gasteiger partial charge on any atom is -0.435 e. The van der Waals surface area contributed by atoms with Crippen molar-refractivity contribution in [1.29, 1.82) is 0 Å². The van der Waals surface area contributed by atoms with Gasteiger partial charge in [-0.25, -0.2) is 0 Å². The summed E-state index contributed by atoms with van der Waals surface area (Å²) in [5.41, 5.74) is 6.30. The third-order valence-electron chi connectivity index (χ3n) is 3.90. The Morgan fingerprint density at radius 3 is 2.57 bits per heavy atom. The lowest BCUT2D eigenvalue weighted by molar-refractivity contribution is -0.122. The lowest BCUT2D eigenvalue weighted by Crippen LogP contribution is -2.35. The molecule has 0 radical (unpaired) electrons. The standard InChI is InChI=1S/C15H20F2N2O2/c16-15(17)21-12-7-5-11(6-8-12)19-14(20)13-4-2-1-3-10(13)9-18/h5-8,10,13,15H,1-4,9,18H2,(H,19,20). The number of carbonyl (C=O) groups excluding carboxylic acids is 1. The van der Waals surface area contributed by atoms with Crippen LogP contribution in [-0.4, -0.2) is 19.1 Å². The monoisotopic (exact) mass is 298 g/mol. The highest BCUT2D eigenvalue weighted by Gasteiger charge is 2.29. The molecule has 3 N–H and O–H groups in total. The fourth-order valence-electron chi connectivity index (χ4n) is 2.79. The maximum atomic E-state index is 12.3. The third-order valence-corrected chi connectivity index (χ3v) is 3.90. The highest BCUT2D eigenvalue weighted by molar-refractivity contribution is 5.92. The summed E-state index contributed by atoms with van der Waals surface area (Å²) >= 11 is 0. The molecule has 1 aliphatic rings. The molecule has 21 heavy (non-hydrogen) atoms. The van der Waals surface area contributed by atoms with E-state index in [1.165, 1.54) is 12.1 Å². The quantitative estimate of drug-likeness (QED) is 0.878. The van der Waals surface area contributed by atoms with Crippen LogP contribution in [-0.2, 0) is 4.79 Å². The van der Waals surface area contributed by atoms with E-state index in [0.29, 0.717) is 12.2 Å². The Hall–Kier alpha value is -1.69. The van der Waals surface area contributed by atoms with Gasteiger partial charge in [-0.15, -0.1) is 0 Å². The minimum absolute atomic E-state index is 0.0484. The Kier molecular flexibility index (Phi) is 5.50. The first-order chi connectivity index (χ1) is 10.1. The molecule has 1 aliphatic carbocycles. The van der Waals surface area contributed by atoms with Crippen molar-refractivity contribution in [2.24, 2.45) is 17.6 Å². The second kappa shape index (κ2) is 7.36. The summed E-state index contributed by atoms with van der Waals surface area (Å²) in [5, 5.41) is 2.82. The van der Waals surface area contributed by atoms with Crippen molar-refractivity contribution in [3.05, 3.63) is 24.3 Å². The summed E-state index contributed by atoms with van der Waals surface area (Å²) in [4.78, 5) is 12.3. The molecule has 2 unspecified atom stereocenters. The van der Waals surface area contributed by atoms with Crippen LogP contribution in [0.2, 0.25) is 0 Å². The first-order valence-electron chi connectivity index (χ1n) is 7.16. The van der Waals surface area contributed by atoms with Gasteiger partial charge in [-0.2, -0.15) is 8.78 Å². The van der Waals surface area contributed by atoms with Crippen molar-refractivity contribution in [3.8, 4) is 5.75 Å². The van der Waals surface area contributed by atoms with E-state index in [-0.39, 0.29) is 23.5 Å². The number of halogens is 2. The average molecular weight is 298 g/mol. The van der Waals surface area contributed by atoms with Crippen LogP contribution in [0.5, 0.6) is 5.75 Å².